The highest BCUT2D eigenvalue weighted by atomic mass is 19.4. The summed E-state index contributed by atoms with van der Waals surface area (Å²) < 4.78 is 61.2. The summed E-state index contributed by atoms with van der Waals surface area (Å²) in [5.41, 5.74) is 1.93. The smallest absolute Gasteiger partial charge is 0.422 e. The standard InChI is InChI=1S/C26H28F4N4O3/c1-18-23(24(32-37-18)19-7-9-20(27)10-8-19)25(35)31-11-4-12-33-13-15-34(16-14-33)21-5-2-3-6-22(21)36-17-26(28,29)30/h2-3,5-10H,4,11-17H2,1H3,(H,31,35). The molecule has 2 aromatic carbocycles. The molecule has 1 saturated heterocycles. The maximum Gasteiger partial charge on any atom is 0.422 e. The van der Waals surface area contributed by atoms with Crippen molar-refractivity contribution in [2.75, 3.05) is 50.8 Å². The van der Waals surface area contributed by atoms with Crippen molar-refractivity contribution < 1.29 is 31.6 Å². The van der Waals surface area contributed by atoms with E-state index >= 15 is 0 Å². The van der Waals surface area contributed by atoms with E-state index in [-0.39, 0.29) is 17.5 Å². The Hall–Kier alpha value is -3.60. The highest BCUT2D eigenvalue weighted by molar-refractivity contribution is 6.00. The van der Waals surface area contributed by atoms with Crippen LogP contribution in [0.2, 0.25) is 0 Å². The van der Waals surface area contributed by atoms with Gasteiger partial charge in [-0.1, -0.05) is 17.3 Å². The molecule has 7 nitrogen and oxygen atoms in total. The molecule has 4 rings (SSSR count). The van der Waals surface area contributed by atoms with Crippen LogP contribution in [0, 0.1) is 12.7 Å². The number of carbonyl (C=O) groups is 1. The van der Waals surface area contributed by atoms with E-state index in [1.165, 1.54) is 12.1 Å². The molecule has 1 aliphatic rings. The van der Waals surface area contributed by atoms with Crippen molar-refractivity contribution >= 4 is 11.6 Å². The lowest BCUT2D eigenvalue weighted by Gasteiger charge is -2.36. The highest BCUT2D eigenvalue weighted by Gasteiger charge is 2.29. The van der Waals surface area contributed by atoms with Crippen molar-refractivity contribution in [2.24, 2.45) is 0 Å². The summed E-state index contributed by atoms with van der Waals surface area (Å²) in [6, 6.07) is 12.4. The van der Waals surface area contributed by atoms with Crippen LogP contribution in [-0.2, 0) is 0 Å². The lowest BCUT2D eigenvalue weighted by atomic mass is 10.1. The SMILES string of the molecule is Cc1onc(-c2ccc(F)cc2)c1C(=O)NCCCN1CCN(c2ccccc2OCC(F)(F)F)CC1. The molecule has 198 valence electrons. The number of halogens is 4. The van der Waals surface area contributed by atoms with Gasteiger partial charge in [0.05, 0.1) is 5.69 Å². The minimum absolute atomic E-state index is 0.222. The monoisotopic (exact) mass is 520 g/mol. The van der Waals surface area contributed by atoms with E-state index < -0.39 is 12.8 Å². The van der Waals surface area contributed by atoms with Crippen LogP contribution >= 0.6 is 0 Å². The number of nitrogens with one attached hydrogen (secondary N) is 1. The van der Waals surface area contributed by atoms with Crippen LogP contribution < -0.4 is 15.0 Å². The zero-order valence-electron chi connectivity index (χ0n) is 20.4. The van der Waals surface area contributed by atoms with Crippen LogP contribution in [-0.4, -0.2) is 68.0 Å². The van der Waals surface area contributed by atoms with Gasteiger partial charge < -0.3 is 19.5 Å². The maximum atomic E-state index is 13.2. The number of hydrogen-bond donors (Lipinski definition) is 1. The molecule has 3 aromatic rings. The molecule has 0 aliphatic carbocycles. The summed E-state index contributed by atoms with van der Waals surface area (Å²) in [5.74, 6) is -0.0828. The number of anilines is 1. The van der Waals surface area contributed by atoms with Gasteiger partial charge in [-0.2, -0.15) is 13.2 Å². The number of benzene rings is 2. The number of aromatic nitrogens is 1. The fourth-order valence-electron chi connectivity index (χ4n) is 4.25. The van der Waals surface area contributed by atoms with E-state index in [0.717, 1.165) is 19.6 Å². The molecule has 1 fully saturated rings. The van der Waals surface area contributed by atoms with Crippen LogP contribution in [0.3, 0.4) is 0 Å². The first-order valence-electron chi connectivity index (χ1n) is 12.0. The molecule has 1 aromatic heterocycles. The number of ether oxygens (including phenoxy) is 1. The molecule has 1 amide bonds. The predicted octanol–water partition coefficient (Wildman–Crippen LogP) is 4.67. The predicted molar refractivity (Wildman–Crippen MR) is 130 cm³/mol. The summed E-state index contributed by atoms with van der Waals surface area (Å²) in [7, 11) is 0. The van der Waals surface area contributed by atoms with Crippen molar-refractivity contribution in [3.63, 3.8) is 0 Å². The van der Waals surface area contributed by atoms with E-state index in [4.69, 9.17) is 9.26 Å². The summed E-state index contributed by atoms with van der Waals surface area (Å²) in [6.45, 7) is 4.31. The summed E-state index contributed by atoms with van der Waals surface area (Å²) in [4.78, 5) is 17.1. The molecule has 37 heavy (non-hydrogen) atoms. The van der Waals surface area contributed by atoms with Crippen LogP contribution in [0.1, 0.15) is 22.5 Å². The maximum absolute atomic E-state index is 13.2. The molecule has 2 heterocycles. The Morgan fingerprint density at radius 1 is 1.08 bits per heavy atom. The minimum atomic E-state index is -4.39. The Bertz CT molecular complexity index is 1190. The van der Waals surface area contributed by atoms with Gasteiger partial charge >= 0.3 is 6.18 Å². The molecule has 0 spiro atoms. The molecular weight excluding hydrogens is 492 g/mol. The second-order valence-corrected chi connectivity index (χ2v) is 8.78. The second kappa shape index (κ2) is 11.6. The van der Waals surface area contributed by atoms with Crippen LogP contribution in [0.25, 0.3) is 11.3 Å². The first-order chi connectivity index (χ1) is 17.7. The van der Waals surface area contributed by atoms with Crippen LogP contribution in [0.5, 0.6) is 5.75 Å². The largest absolute Gasteiger partial charge is 0.482 e. The van der Waals surface area contributed by atoms with Crippen LogP contribution in [0.4, 0.5) is 23.2 Å². The van der Waals surface area contributed by atoms with Gasteiger partial charge in [0, 0.05) is 38.3 Å². The van der Waals surface area contributed by atoms with Crippen LogP contribution in [0.15, 0.2) is 53.1 Å². The zero-order chi connectivity index (χ0) is 26.4. The number of hydrogen-bond acceptors (Lipinski definition) is 6. The molecular formula is C26H28F4N4O3. The fourth-order valence-corrected chi connectivity index (χ4v) is 4.25. The summed E-state index contributed by atoms with van der Waals surface area (Å²) in [6.07, 6.45) is -3.68. The van der Waals surface area contributed by atoms with Gasteiger partial charge in [-0.15, -0.1) is 0 Å². The number of aryl methyl sites for hydroxylation is 1. The Balaban J connectivity index is 1.24. The average molecular weight is 521 g/mol. The molecule has 0 atom stereocenters. The third kappa shape index (κ3) is 7.00. The fraction of sp³-hybridized carbons (Fsp3) is 0.385. The van der Waals surface area contributed by atoms with E-state index in [1.807, 2.05) is 4.90 Å². The van der Waals surface area contributed by atoms with Crippen molar-refractivity contribution in [2.45, 2.75) is 19.5 Å². The lowest BCUT2D eigenvalue weighted by Crippen LogP contribution is -2.47. The zero-order valence-corrected chi connectivity index (χ0v) is 20.4. The van der Waals surface area contributed by atoms with Gasteiger partial charge in [-0.25, -0.2) is 4.39 Å². The van der Waals surface area contributed by atoms with E-state index in [0.29, 0.717) is 54.3 Å². The Morgan fingerprint density at radius 3 is 2.49 bits per heavy atom. The highest BCUT2D eigenvalue weighted by Crippen LogP contribution is 2.30. The van der Waals surface area contributed by atoms with E-state index in [9.17, 15) is 22.4 Å². The Morgan fingerprint density at radius 2 is 1.78 bits per heavy atom. The Labute approximate surface area is 212 Å². The van der Waals surface area contributed by atoms with Crippen molar-refractivity contribution in [3.05, 3.63) is 65.7 Å². The molecule has 0 saturated carbocycles. The van der Waals surface area contributed by atoms with E-state index in [2.05, 4.69) is 15.4 Å². The van der Waals surface area contributed by atoms with Gasteiger partial charge in [0.2, 0.25) is 0 Å². The normalized spacial score (nSPS) is 14.6. The van der Waals surface area contributed by atoms with E-state index in [1.54, 1.807) is 43.3 Å². The number of para-hydroxylation sites is 2. The van der Waals surface area contributed by atoms with Gasteiger partial charge in [-0.3, -0.25) is 9.69 Å². The van der Waals surface area contributed by atoms with Gasteiger partial charge in [0.15, 0.2) is 6.61 Å². The summed E-state index contributed by atoms with van der Waals surface area (Å²) in [5, 5.41) is 6.86. The third-order valence-corrected chi connectivity index (χ3v) is 6.11. The molecule has 0 bridgehead atoms. The number of alkyl halides is 3. The molecule has 1 aliphatic heterocycles. The third-order valence-electron chi connectivity index (χ3n) is 6.11. The average Bonchev–Trinajstić information content (AvgIpc) is 3.27. The minimum Gasteiger partial charge on any atom is -0.482 e. The Kier molecular flexibility index (Phi) is 8.32. The number of carbonyl (C=O) groups excluding carboxylic acids is 1. The molecule has 0 radical (unpaired) electrons. The quantitative estimate of drug-likeness (QED) is 0.327. The molecule has 11 heteroatoms. The number of amides is 1. The topological polar surface area (TPSA) is 70.8 Å². The number of nitrogens with zero attached hydrogens (tertiary/aromatic N) is 3. The number of rotatable bonds is 9. The second-order valence-electron chi connectivity index (χ2n) is 8.78. The first-order valence-corrected chi connectivity index (χ1v) is 12.0. The molecule has 1 N–H and O–H groups in total. The first kappa shape index (κ1) is 26.5. The summed E-state index contributed by atoms with van der Waals surface area (Å²) >= 11 is 0. The van der Waals surface area contributed by atoms with Gasteiger partial charge in [0.1, 0.15) is 28.6 Å². The lowest BCUT2D eigenvalue weighted by molar-refractivity contribution is -0.153. The van der Waals surface area contributed by atoms with Crippen molar-refractivity contribution in [3.8, 4) is 17.0 Å². The molecule has 0 unspecified atom stereocenters. The van der Waals surface area contributed by atoms with Gasteiger partial charge in [0.25, 0.3) is 5.91 Å². The van der Waals surface area contributed by atoms with Crippen molar-refractivity contribution in [1.82, 2.24) is 15.4 Å². The van der Waals surface area contributed by atoms with Crippen molar-refractivity contribution in [1.29, 1.82) is 0 Å². The van der Waals surface area contributed by atoms with Gasteiger partial charge in [-0.05, 0) is 56.3 Å². The number of piperazine rings is 1.